The molecule has 114 valence electrons. The molecule has 22 heavy (non-hydrogen) atoms. The third-order valence-electron chi connectivity index (χ3n) is 3.03. The van der Waals surface area contributed by atoms with Crippen LogP contribution in [0, 0.1) is 6.92 Å². The van der Waals surface area contributed by atoms with Crippen molar-refractivity contribution >= 4 is 34.8 Å². The van der Waals surface area contributed by atoms with Crippen LogP contribution in [0.4, 0.5) is 0 Å². The molecule has 7 heteroatoms. The van der Waals surface area contributed by atoms with E-state index in [0.717, 1.165) is 5.56 Å². The fourth-order valence-electron chi connectivity index (χ4n) is 2.23. The van der Waals surface area contributed by atoms with E-state index in [9.17, 15) is 14.4 Å². The van der Waals surface area contributed by atoms with E-state index in [1.54, 1.807) is 25.3 Å². The molecule has 0 saturated heterocycles. The second-order valence-corrected chi connectivity index (χ2v) is 4.90. The molecule has 0 bridgehead atoms. The zero-order valence-corrected chi connectivity index (χ0v) is 12.4. The van der Waals surface area contributed by atoms with E-state index in [1.165, 1.54) is 24.6 Å². The van der Waals surface area contributed by atoms with Crippen molar-refractivity contribution in [2.75, 3.05) is 0 Å². The second kappa shape index (κ2) is 5.80. The molecule has 1 amide bonds. The molecule has 0 spiro atoms. The fraction of sp³-hybridized carbons (Fsp3) is 0.200. The van der Waals surface area contributed by atoms with Gasteiger partial charge in [-0.05, 0) is 36.3 Å². The lowest BCUT2D eigenvalue weighted by Gasteiger charge is -2.06. The fourth-order valence-corrected chi connectivity index (χ4v) is 2.23. The number of carboxylic acids is 1. The average molecular weight is 301 g/mol. The van der Waals surface area contributed by atoms with Crippen molar-refractivity contribution in [3.8, 4) is 0 Å². The molecular weight excluding hydrogens is 286 g/mol. The van der Waals surface area contributed by atoms with E-state index >= 15 is 0 Å². The van der Waals surface area contributed by atoms with Crippen molar-refractivity contribution in [1.82, 2.24) is 15.1 Å². The molecule has 1 aromatic carbocycles. The van der Waals surface area contributed by atoms with Crippen molar-refractivity contribution in [3.63, 3.8) is 0 Å². The van der Waals surface area contributed by atoms with Crippen LogP contribution >= 0.6 is 0 Å². The monoisotopic (exact) mass is 301 g/mol. The summed E-state index contributed by atoms with van der Waals surface area (Å²) in [5.74, 6) is -1.89. The van der Waals surface area contributed by atoms with Gasteiger partial charge in [-0.3, -0.25) is 9.59 Å². The molecule has 2 rings (SSSR count). The molecule has 0 unspecified atom stereocenters. The standard InChI is InChI=1S/C15H15N3O4/c1-8-4-11(6-13(15(21)22)17-9(2)19)5-12-7-16-18(10(3)20)14(8)12/h4-7H,1-3H3,(H,17,19)(H,21,22)/b13-6+. The van der Waals surface area contributed by atoms with Gasteiger partial charge in [-0.2, -0.15) is 5.10 Å². The van der Waals surface area contributed by atoms with E-state index in [4.69, 9.17) is 5.11 Å². The van der Waals surface area contributed by atoms with Crippen LogP contribution in [0.2, 0.25) is 0 Å². The van der Waals surface area contributed by atoms with Gasteiger partial charge < -0.3 is 10.4 Å². The van der Waals surface area contributed by atoms with E-state index in [0.29, 0.717) is 16.5 Å². The number of hydrogen-bond acceptors (Lipinski definition) is 4. The maximum absolute atomic E-state index is 11.5. The number of carboxylic acid groups (broad SMARTS) is 1. The second-order valence-electron chi connectivity index (χ2n) is 4.90. The lowest BCUT2D eigenvalue weighted by Crippen LogP contribution is -2.24. The molecule has 0 aliphatic rings. The van der Waals surface area contributed by atoms with Crippen molar-refractivity contribution in [2.24, 2.45) is 0 Å². The quantitative estimate of drug-likeness (QED) is 0.838. The molecule has 0 fully saturated rings. The first kappa shape index (κ1) is 15.4. The Bertz CT molecular complexity index is 818. The van der Waals surface area contributed by atoms with Crippen LogP contribution in [0.15, 0.2) is 24.0 Å². The Kier molecular flexibility index (Phi) is 4.07. The first-order valence-electron chi connectivity index (χ1n) is 6.51. The summed E-state index contributed by atoms with van der Waals surface area (Å²) in [4.78, 5) is 33.7. The SMILES string of the molecule is CC(=O)N/C(=C/c1cc(C)c2c(cnn2C(C)=O)c1)C(=O)O. The molecule has 2 N–H and O–H groups in total. The summed E-state index contributed by atoms with van der Waals surface area (Å²) in [6.45, 7) is 4.46. The Balaban J connectivity index is 2.55. The molecule has 0 aliphatic carbocycles. The molecular formula is C15H15N3O4. The van der Waals surface area contributed by atoms with Crippen LogP contribution in [0.25, 0.3) is 17.0 Å². The van der Waals surface area contributed by atoms with Gasteiger partial charge in [0, 0.05) is 19.2 Å². The van der Waals surface area contributed by atoms with Crippen LogP contribution in [0.3, 0.4) is 0 Å². The van der Waals surface area contributed by atoms with E-state index in [1.807, 2.05) is 0 Å². The van der Waals surface area contributed by atoms with Gasteiger partial charge in [-0.15, -0.1) is 0 Å². The lowest BCUT2D eigenvalue weighted by atomic mass is 10.1. The predicted molar refractivity (Wildman–Crippen MR) is 80.2 cm³/mol. The smallest absolute Gasteiger partial charge is 0.352 e. The van der Waals surface area contributed by atoms with Crippen LogP contribution in [-0.4, -0.2) is 32.7 Å². The first-order valence-corrected chi connectivity index (χ1v) is 6.51. The average Bonchev–Trinajstić information content (AvgIpc) is 2.81. The van der Waals surface area contributed by atoms with Crippen molar-refractivity contribution in [1.29, 1.82) is 0 Å². The zero-order valence-electron chi connectivity index (χ0n) is 12.4. The highest BCUT2D eigenvalue weighted by Gasteiger charge is 2.12. The third-order valence-corrected chi connectivity index (χ3v) is 3.03. The van der Waals surface area contributed by atoms with Crippen molar-refractivity contribution in [3.05, 3.63) is 35.2 Å². The van der Waals surface area contributed by atoms with Crippen LogP contribution < -0.4 is 5.32 Å². The zero-order chi connectivity index (χ0) is 16.4. The highest BCUT2D eigenvalue weighted by Crippen LogP contribution is 2.22. The largest absolute Gasteiger partial charge is 0.477 e. The summed E-state index contributed by atoms with van der Waals surface area (Å²) in [5.41, 5.74) is 1.84. The maximum atomic E-state index is 11.5. The Hall–Kier alpha value is -2.96. The first-order chi connectivity index (χ1) is 10.3. The highest BCUT2D eigenvalue weighted by molar-refractivity contribution is 5.98. The number of aromatic nitrogens is 2. The molecule has 1 heterocycles. The number of carbonyl (C=O) groups excluding carboxylic acids is 2. The van der Waals surface area contributed by atoms with Gasteiger partial charge in [0.05, 0.1) is 11.7 Å². The number of benzene rings is 1. The summed E-state index contributed by atoms with van der Waals surface area (Å²) in [6.07, 6.45) is 2.90. The number of rotatable bonds is 3. The van der Waals surface area contributed by atoms with E-state index in [-0.39, 0.29) is 11.6 Å². The topological polar surface area (TPSA) is 101 Å². The van der Waals surface area contributed by atoms with Crippen LogP contribution in [-0.2, 0) is 9.59 Å². The number of amides is 1. The third kappa shape index (κ3) is 3.03. The van der Waals surface area contributed by atoms with Gasteiger partial charge in [0.25, 0.3) is 0 Å². The van der Waals surface area contributed by atoms with Gasteiger partial charge in [0.2, 0.25) is 11.8 Å². The normalized spacial score (nSPS) is 11.5. The summed E-state index contributed by atoms with van der Waals surface area (Å²) in [6, 6.07) is 3.44. The van der Waals surface area contributed by atoms with E-state index in [2.05, 4.69) is 10.4 Å². The summed E-state index contributed by atoms with van der Waals surface area (Å²) < 4.78 is 1.30. The lowest BCUT2D eigenvalue weighted by molar-refractivity contribution is -0.134. The predicted octanol–water partition coefficient (Wildman–Crippen LogP) is 1.57. The minimum atomic E-state index is -1.23. The van der Waals surface area contributed by atoms with Crippen LogP contribution in [0.5, 0.6) is 0 Å². The maximum Gasteiger partial charge on any atom is 0.352 e. The van der Waals surface area contributed by atoms with E-state index < -0.39 is 11.9 Å². The molecule has 1 aromatic heterocycles. The number of aliphatic carboxylic acids is 1. The number of fused-ring (bicyclic) bond motifs is 1. The Labute approximate surface area is 126 Å². The molecule has 0 atom stereocenters. The Morgan fingerprint density at radius 2 is 1.95 bits per heavy atom. The number of nitrogens with one attached hydrogen (secondary N) is 1. The van der Waals surface area contributed by atoms with Crippen LogP contribution in [0.1, 0.15) is 29.8 Å². The van der Waals surface area contributed by atoms with Gasteiger partial charge in [0.1, 0.15) is 5.70 Å². The minimum Gasteiger partial charge on any atom is -0.477 e. The molecule has 0 radical (unpaired) electrons. The summed E-state index contributed by atoms with van der Waals surface area (Å²) in [5, 5.41) is 16.1. The molecule has 7 nitrogen and oxygen atoms in total. The number of nitrogens with zero attached hydrogens (tertiary/aromatic N) is 2. The summed E-state index contributed by atoms with van der Waals surface area (Å²) >= 11 is 0. The molecule has 0 aliphatic heterocycles. The van der Waals surface area contributed by atoms with Gasteiger partial charge >= 0.3 is 5.97 Å². The van der Waals surface area contributed by atoms with Gasteiger partial charge in [-0.1, -0.05) is 0 Å². The molecule has 0 saturated carbocycles. The Morgan fingerprint density at radius 3 is 2.50 bits per heavy atom. The Morgan fingerprint density at radius 1 is 1.27 bits per heavy atom. The highest BCUT2D eigenvalue weighted by atomic mass is 16.4. The van der Waals surface area contributed by atoms with Gasteiger partial charge in [0.15, 0.2) is 0 Å². The van der Waals surface area contributed by atoms with Crippen molar-refractivity contribution in [2.45, 2.75) is 20.8 Å². The molecule has 2 aromatic rings. The summed E-state index contributed by atoms with van der Waals surface area (Å²) in [7, 11) is 0. The van der Waals surface area contributed by atoms with Gasteiger partial charge in [-0.25, -0.2) is 9.48 Å². The number of aryl methyl sites for hydroxylation is 1. The number of carbonyl (C=O) groups is 3. The number of hydrogen-bond donors (Lipinski definition) is 2. The van der Waals surface area contributed by atoms with Crippen molar-refractivity contribution < 1.29 is 19.5 Å². The minimum absolute atomic E-state index is 0.203.